The number of nitrogens with one attached hydrogen (secondary N) is 1. The molecule has 0 aromatic rings. The van der Waals surface area contributed by atoms with E-state index in [-0.39, 0.29) is 6.04 Å². The average molecular weight is 257 g/mol. The van der Waals surface area contributed by atoms with Gasteiger partial charge in [0.05, 0.1) is 6.10 Å². The molecule has 0 amide bonds. The summed E-state index contributed by atoms with van der Waals surface area (Å²) in [6.07, 6.45) is 6.64. The summed E-state index contributed by atoms with van der Waals surface area (Å²) in [6.45, 7) is 6.48. The number of unbranched alkanes of at least 4 members (excludes halogenated alkanes) is 1. The molecule has 0 aromatic heterocycles. The molecule has 1 fully saturated rings. The lowest BCUT2D eigenvalue weighted by atomic mass is 9.94. The number of hydrogen-bond acceptors (Lipinski definition) is 3. The monoisotopic (exact) mass is 257 g/mol. The number of ether oxygens (including phenoxy) is 1. The lowest BCUT2D eigenvalue weighted by molar-refractivity contribution is -0.144. The molecule has 2 N–H and O–H groups in total. The lowest BCUT2D eigenvalue weighted by Crippen LogP contribution is -2.52. The third-order valence-corrected chi connectivity index (χ3v) is 3.56. The van der Waals surface area contributed by atoms with E-state index in [1.807, 2.05) is 13.8 Å². The van der Waals surface area contributed by atoms with Crippen molar-refractivity contribution in [2.75, 3.05) is 6.61 Å². The molecule has 4 nitrogen and oxygen atoms in total. The van der Waals surface area contributed by atoms with E-state index in [0.717, 1.165) is 19.4 Å². The van der Waals surface area contributed by atoms with Crippen molar-refractivity contribution < 1.29 is 14.6 Å². The third kappa shape index (κ3) is 4.94. The second-order valence-electron chi connectivity index (χ2n) is 5.82. The maximum Gasteiger partial charge on any atom is 0.323 e. The fourth-order valence-electron chi connectivity index (χ4n) is 2.25. The summed E-state index contributed by atoms with van der Waals surface area (Å²) in [5.74, 6) is -0.767. The molecular formula is C14H27NO3. The summed E-state index contributed by atoms with van der Waals surface area (Å²) in [7, 11) is 0. The van der Waals surface area contributed by atoms with Gasteiger partial charge in [-0.1, -0.05) is 0 Å². The van der Waals surface area contributed by atoms with Crippen molar-refractivity contribution in [3.63, 3.8) is 0 Å². The standard InChI is InChI=1S/C14H27NO3/c1-11(2)15-14(3,13(16)17)9-4-5-10-18-12-7-6-8-12/h11-12,15H,4-10H2,1-3H3,(H,16,17). The Hall–Kier alpha value is -0.610. The number of aliphatic carboxylic acids is 1. The number of hydrogen-bond donors (Lipinski definition) is 2. The Labute approximate surface area is 110 Å². The molecular weight excluding hydrogens is 230 g/mol. The van der Waals surface area contributed by atoms with Gasteiger partial charge in [0.25, 0.3) is 0 Å². The molecule has 1 aliphatic rings. The van der Waals surface area contributed by atoms with Crippen LogP contribution in [0.2, 0.25) is 0 Å². The van der Waals surface area contributed by atoms with E-state index in [1.165, 1.54) is 19.3 Å². The fraction of sp³-hybridized carbons (Fsp3) is 0.929. The van der Waals surface area contributed by atoms with Crippen molar-refractivity contribution in [2.45, 2.75) is 77.0 Å². The van der Waals surface area contributed by atoms with Crippen molar-refractivity contribution in [1.82, 2.24) is 5.32 Å². The Kier molecular flexibility index (Phi) is 6.09. The first-order chi connectivity index (χ1) is 8.44. The highest BCUT2D eigenvalue weighted by atomic mass is 16.5. The first kappa shape index (κ1) is 15.4. The molecule has 1 saturated carbocycles. The van der Waals surface area contributed by atoms with Gasteiger partial charge in [0.1, 0.15) is 5.54 Å². The van der Waals surface area contributed by atoms with Crippen LogP contribution in [0.25, 0.3) is 0 Å². The topological polar surface area (TPSA) is 58.6 Å². The van der Waals surface area contributed by atoms with Crippen LogP contribution in [0, 0.1) is 0 Å². The van der Waals surface area contributed by atoms with Gasteiger partial charge in [-0.15, -0.1) is 0 Å². The van der Waals surface area contributed by atoms with Crippen LogP contribution in [0.15, 0.2) is 0 Å². The minimum Gasteiger partial charge on any atom is -0.480 e. The normalized spacial score (nSPS) is 19.6. The SMILES string of the molecule is CC(C)NC(C)(CCCCOC1CCC1)C(=O)O. The van der Waals surface area contributed by atoms with Crippen LogP contribution in [-0.2, 0) is 9.53 Å². The van der Waals surface area contributed by atoms with Gasteiger partial charge < -0.3 is 9.84 Å². The van der Waals surface area contributed by atoms with Crippen molar-refractivity contribution in [3.8, 4) is 0 Å². The zero-order valence-corrected chi connectivity index (χ0v) is 11.9. The smallest absolute Gasteiger partial charge is 0.323 e. The minimum absolute atomic E-state index is 0.178. The van der Waals surface area contributed by atoms with E-state index in [2.05, 4.69) is 5.32 Å². The zero-order valence-electron chi connectivity index (χ0n) is 11.9. The molecule has 18 heavy (non-hydrogen) atoms. The highest BCUT2D eigenvalue weighted by Gasteiger charge is 2.32. The molecule has 0 spiro atoms. The molecule has 0 heterocycles. The molecule has 1 unspecified atom stereocenters. The van der Waals surface area contributed by atoms with E-state index in [0.29, 0.717) is 12.5 Å². The number of carbonyl (C=O) groups is 1. The maximum atomic E-state index is 11.3. The molecule has 106 valence electrons. The Bertz CT molecular complexity index is 264. The van der Waals surface area contributed by atoms with E-state index in [9.17, 15) is 9.90 Å². The second-order valence-corrected chi connectivity index (χ2v) is 5.82. The molecule has 4 heteroatoms. The Morgan fingerprint density at radius 1 is 1.44 bits per heavy atom. The Balaban J connectivity index is 2.18. The second kappa shape index (κ2) is 7.10. The summed E-state index contributed by atoms with van der Waals surface area (Å²) >= 11 is 0. The molecule has 1 rings (SSSR count). The fourth-order valence-corrected chi connectivity index (χ4v) is 2.25. The van der Waals surface area contributed by atoms with Gasteiger partial charge in [-0.05, 0) is 59.3 Å². The van der Waals surface area contributed by atoms with Crippen molar-refractivity contribution >= 4 is 5.97 Å². The van der Waals surface area contributed by atoms with Crippen LogP contribution in [0.3, 0.4) is 0 Å². The molecule has 0 aromatic carbocycles. The van der Waals surface area contributed by atoms with Gasteiger partial charge in [0.2, 0.25) is 0 Å². The van der Waals surface area contributed by atoms with Crippen LogP contribution in [-0.4, -0.2) is 35.4 Å². The Morgan fingerprint density at radius 2 is 2.11 bits per heavy atom. The first-order valence-corrected chi connectivity index (χ1v) is 7.07. The van der Waals surface area contributed by atoms with Gasteiger partial charge >= 0.3 is 5.97 Å². The zero-order chi connectivity index (χ0) is 13.6. The highest BCUT2D eigenvalue weighted by Crippen LogP contribution is 2.22. The van der Waals surface area contributed by atoms with Crippen LogP contribution < -0.4 is 5.32 Å². The van der Waals surface area contributed by atoms with Crippen molar-refractivity contribution in [3.05, 3.63) is 0 Å². The van der Waals surface area contributed by atoms with E-state index < -0.39 is 11.5 Å². The summed E-state index contributed by atoms with van der Waals surface area (Å²) < 4.78 is 5.67. The molecule has 0 aliphatic heterocycles. The van der Waals surface area contributed by atoms with Crippen LogP contribution >= 0.6 is 0 Å². The van der Waals surface area contributed by atoms with Crippen LogP contribution in [0.4, 0.5) is 0 Å². The molecule has 0 radical (unpaired) electrons. The van der Waals surface area contributed by atoms with Crippen LogP contribution in [0.1, 0.15) is 59.3 Å². The predicted molar refractivity (Wildman–Crippen MR) is 71.8 cm³/mol. The van der Waals surface area contributed by atoms with E-state index >= 15 is 0 Å². The quantitative estimate of drug-likeness (QED) is 0.623. The molecule has 1 atom stereocenters. The predicted octanol–water partition coefficient (Wildman–Crippen LogP) is 2.57. The molecule has 1 aliphatic carbocycles. The minimum atomic E-state index is -0.815. The van der Waals surface area contributed by atoms with Crippen molar-refractivity contribution in [2.24, 2.45) is 0 Å². The van der Waals surface area contributed by atoms with E-state index in [4.69, 9.17) is 4.74 Å². The number of carboxylic acids is 1. The number of rotatable bonds is 9. The summed E-state index contributed by atoms with van der Waals surface area (Å²) in [5, 5.41) is 12.4. The third-order valence-electron chi connectivity index (χ3n) is 3.56. The maximum absolute atomic E-state index is 11.3. The average Bonchev–Trinajstić information content (AvgIpc) is 2.19. The summed E-state index contributed by atoms with van der Waals surface area (Å²) in [4.78, 5) is 11.3. The van der Waals surface area contributed by atoms with Crippen molar-refractivity contribution in [1.29, 1.82) is 0 Å². The van der Waals surface area contributed by atoms with Gasteiger partial charge in [0.15, 0.2) is 0 Å². The summed E-state index contributed by atoms with van der Waals surface area (Å²) in [6, 6.07) is 0.178. The van der Waals surface area contributed by atoms with Gasteiger partial charge in [-0.25, -0.2) is 0 Å². The molecule has 0 saturated heterocycles. The van der Waals surface area contributed by atoms with Crippen LogP contribution in [0.5, 0.6) is 0 Å². The largest absolute Gasteiger partial charge is 0.480 e. The van der Waals surface area contributed by atoms with Gasteiger partial charge in [0, 0.05) is 12.6 Å². The lowest BCUT2D eigenvalue weighted by Gasteiger charge is -2.29. The molecule has 0 bridgehead atoms. The summed E-state index contributed by atoms with van der Waals surface area (Å²) in [5.41, 5.74) is -0.815. The first-order valence-electron chi connectivity index (χ1n) is 7.07. The van der Waals surface area contributed by atoms with Gasteiger partial charge in [-0.2, -0.15) is 0 Å². The Morgan fingerprint density at radius 3 is 2.56 bits per heavy atom. The number of carboxylic acid groups (broad SMARTS) is 1. The highest BCUT2D eigenvalue weighted by molar-refractivity contribution is 5.78. The van der Waals surface area contributed by atoms with E-state index in [1.54, 1.807) is 6.92 Å². The van der Waals surface area contributed by atoms with Gasteiger partial charge in [-0.3, -0.25) is 10.1 Å².